The average Bonchev–Trinajstić information content (AvgIpc) is 2.90. The summed E-state index contributed by atoms with van der Waals surface area (Å²) in [6, 6.07) is 11.2. The second-order valence-electron chi connectivity index (χ2n) is 5.04. The molecule has 5 heteroatoms. The molecule has 2 aromatic rings. The summed E-state index contributed by atoms with van der Waals surface area (Å²) >= 11 is 0. The van der Waals surface area contributed by atoms with E-state index in [0.29, 0.717) is 25.2 Å². The van der Waals surface area contributed by atoms with Crippen LogP contribution in [0.2, 0.25) is 0 Å². The summed E-state index contributed by atoms with van der Waals surface area (Å²) in [5.41, 5.74) is 1.18. The van der Waals surface area contributed by atoms with Crippen molar-refractivity contribution >= 4 is 16.8 Å². The van der Waals surface area contributed by atoms with Crippen LogP contribution in [-0.4, -0.2) is 36.2 Å². The summed E-state index contributed by atoms with van der Waals surface area (Å²) in [7, 11) is 0. The van der Waals surface area contributed by atoms with E-state index in [1.165, 1.54) is 0 Å². The molecule has 1 aliphatic heterocycles. The fourth-order valence-electron chi connectivity index (χ4n) is 2.42. The number of alkyl halides is 1. The van der Waals surface area contributed by atoms with Crippen LogP contribution in [0.5, 0.6) is 0 Å². The zero-order chi connectivity index (χ0) is 13.9. The lowest BCUT2D eigenvalue weighted by molar-refractivity contribution is 0.0945. The highest BCUT2D eigenvalue weighted by Crippen LogP contribution is 2.12. The maximum absolute atomic E-state index is 13.0. The molecule has 2 heterocycles. The van der Waals surface area contributed by atoms with Gasteiger partial charge < -0.3 is 10.6 Å². The average molecular weight is 273 g/mol. The minimum Gasteiger partial charge on any atom is -0.349 e. The van der Waals surface area contributed by atoms with Gasteiger partial charge in [0.25, 0.3) is 5.91 Å². The zero-order valence-corrected chi connectivity index (χ0v) is 11.0. The van der Waals surface area contributed by atoms with Crippen LogP contribution in [0.25, 0.3) is 10.9 Å². The van der Waals surface area contributed by atoms with E-state index >= 15 is 0 Å². The Hall–Kier alpha value is -2.01. The van der Waals surface area contributed by atoms with Gasteiger partial charge in [-0.2, -0.15) is 0 Å². The lowest BCUT2D eigenvalue weighted by Gasteiger charge is -2.11. The number of benzene rings is 1. The molecule has 1 aromatic heterocycles. The molecule has 2 N–H and O–H groups in total. The first kappa shape index (κ1) is 13.0. The molecule has 20 heavy (non-hydrogen) atoms. The Labute approximate surface area is 116 Å². The largest absolute Gasteiger partial charge is 0.349 e. The lowest BCUT2D eigenvalue weighted by atomic mass is 10.2. The second-order valence-corrected chi connectivity index (χ2v) is 5.04. The van der Waals surface area contributed by atoms with E-state index < -0.39 is 6.17 Å². The van der Waals surface area contributed by atoms with Crippen molar-refractivity contribution in [1.82, 2.24) is 15.6 Å². The van der Waals surface area contributed by atoms with E-state index in [1.807, 2.05) is 30.3 Å². The quantitative estimate of drug-likeness (QED) is 0.894. The molecular weight excluding hydrogens is 257 g/mol. The predicted molar refractivity (Wildman–Crippen MR) is 75.4 cm³/mol. The van der Waals surface area contributed by atoms with E-state index in [2.05, 4.69) is 15.6 Å². The molecule has 2 atom stereocenters. The number of aromatic nitrogens is 1. The van der Waals surface area contributed by atoms with Gasteiger partial charge in [0.15, 0.2) is 0 Å². The standard InChI is InChI=1S/C15H16FN3O/c16-11-7-12(17-8-11)9-18-15(20)14-6-5-10-3-1-2-4-13(10)19-14/h1-6,11-12,17H,7-9H2,(H,18,20)/t11-,12-/m0/s1. The number of pyridine rings is 1. The van der Waals surface area contributed by atoms with E-state index in [9.17, 15) is 9.18 Å². The highest BCUT2D eigenvalue weighted by atomic mass is 19.1. The minimum absolute atomic E-state index is 0.00871. The Morgan fingerprint density at radius 2 is 2.20 bits per heavy atom. The van der Waals surface area contributed by atoms with Crippen LogP contribution in [0.4, 0.5) is 4.39 Å². The van der Waals surface area contributed by atoms with Crippen molar-refractivity contribution in [1.29, 1.82) is 0 Å². The first-order chi connectivity index (χ1) is 9.72. The van der Waals surface area contributed by atoms with Crippen LogP contribution in [-0.2, 0) is 0 Å². The van der Waals surface area contributed by atoms with Gasteiger partial charge in [-0.1, -0.05) is 24.3 Å². The van der Waals surface area contributed by atoms with Crippen LogP contribution in [0.3, 0.4) is 0 Å². The highest BCUT2D eigenvalue weighted by Gasteiger charge is 2.23. The van der Waals surface area contributed by atoms with Crippen molar-refractivity contribution in [2.24, 2.45) is 0 Å². The number of hydrogen-bond acceptors (Lipinski definition) is 3. The fourth-order valence-corrected chi connectivity index (χ4v) is 2.42. The van der Waals surface area contributed by atoms with Crippen LogP contribution < -0.4 is 10.6 Å². The van der Waals surface area contributed by atoms with Gasteiger partial charge in [-0.25, -0.2) is 9.37 Å². The second kappa shape index (κ2) is 5.54. The van der Waals surface area contributed by atoms with E-state index in [0.717, 1.165) is 10.9 Å². The predicted octanol–water partition coefficient (Wildman–Crippen LogP) is 1.66. The Balaban J connectivity index is 1.66. The van der Waals surface area contributed by atoms with Crippen molar-refractivity contribution in [3.05, 3.63) is 42.1 Å². The number of nitrogens with zero attached hydrogens (tertiary/aromatic N) is 1. The molecule has 1 aliphatic rings. The highest BCUT2D eigenvalue weighted by molar-refractivity contribution is 5.94. The summed E-state index contributed by atoms with van der Waals surface area (Å²) < 4.78 is 13.0. The van der Waals surface area contributed by atoms with Crippen LogP contribution in [0.1, 0.15) is 16.9 Å². The number of para-hydroxylation sites is 1. The maximum Gasteiger partial charge on any atom is 0.269 e. The number of hydrogen-bond donors (Lipinski definition) is 2. The summed E-state index contributed by atoms with van der Waals surface area (Å²) in [5, 5.41) is 6.83. The van der Waals surface area contributed by atoms with E-state index in [1.54, 1.807) is 6.07 Å². The van der Waals surface area contributed by atoms with Gasteiger partial charge in [0.2, 0.25) is 0 Å². The van der Waals surface area contributed by atoms with Gasteiger partial charge in [-0.05, 0) is 18.6 Å². The number of halogens is 1. The summed E-state index contributed by atoms with van der Waals surface area (Å²) in [4.78, 5) is 16.4. The summed E-state index contributed by atoms with van der Waals surface area (Å²) in [5.74, 6) is -0.222. The number of amides is 1. The molecule has 0 unspecified atom stereocenters. The molecule has 1 aromatic carbocycles. The first-order valence-electron chi connectivity index (χ1n) is 6.74. The van der Waals surface area contributed by atoms with E-state index in [-0.39, 0.29) is 11.9 Å². The first-order valence-corrected chi connectivity index (χ1v) is 6.74. The SMILES string of the molecule is O=C(NC[C@@H]1C[C@H](F)CN1)c1ccc2ccccc2n1. The Kier molecular flexibility index (Phi) is 3.60. The summed E-state index contributed by atoms with van der Waals surface area (Å²) in [6.07, 6.45) is -0.360. The van der Waals surface area contributed by atoms with Crippen LogP contribution >= 0.6 is 0 Å². The molecule has 104 valence electrons. The van der Waals surface area contributed by atoms with Gasteiger partial charge >= 0.3 is 0 Å². The molecule has 3 rings (SSSR count). The molecule has 1 fully saturated rings. The van der Waals surface area contributed by atoms with Crippen LogP contribution in [0.15, 0.2) is 36.4 Å². The number of rotatable bonds is 3. The molecule has 4 nitrogen and oxygen atoms in total. The molecule has 1 saturated heterocycles. The molecule has 1 amide bonds. The molecule has 0 bridgehead atoms. The van der Waals surface area contributed by atoms with Crippen molar-refractivity contribution in [2.45, 2.75) is 18.6 Å². The molecule has 0 aliphatic carbocycles. The minimum atomic E-state index is -0.810. The molecule has 0 radical (unpaired) electrons. The lowest BCUT2D eigenvalue weighted by Crippen LogP contribution is -2.37. The maximum atomic E-state index is 13.0. The normalized spacial score (nSPS) is 22.1. The van der Waals surface area contributed by atoms with E-state index in [4.69, 9.17) is 0 Å². The van der Waals surface area contributed by atoms with Crippen molar-refractivity contribution in [3.8, 4) is 0 Å². The molecule has 0 spiro atoms. The smallest absolute Gasteiger partial charge is 0.269 e. The van der Waals surface area contributed by atoms with Crippen LogP contribution in [0, 0.1) is 0 Å². The number of nitrogens with one attached hydrogen (secondary N) is 2. The fraction of sp³-hybridized carbons (Fsp3) is 0.333. The van der Waals surface area contributed by atoms with Gasteiger partial charge in [0, 0.05) is 24.5 Å². The Bertz CT molecular complexity index is 631. The third-order valence-corrected chi connectivity index (χ3v) is 3.51. The number of carbonyl (C=O) groups is 1. The number of carbonyl (C=O) groups excluding carboxylic acids is 1. The monoisotopic (exact) mass is 273 g/mol. The van der Waals surface area contributed by atoms with Crippen molar-refractivity contribution in [2.75, 3.05) is 13.1 Å². The van der Waals surface area contributed by atoms with Crippen molar-refractivity contribution in [3.63, 3.8) is 0 Å². The Morgan fingerprint density at radius 1 is 1.35 bits per heavy atom. The topological polar surface area (TPSA) is 54.0 Å². The van der Waals surface area contributed by atoms with Crippen molar-refractivity contribution < 1.29 is 9.18 Å². The van der Waals surface area contributed by atoms with Gasteiger partial charge in [0.05, 0.1) is 5.52 Å². The van der Waals surface area contributed by atoms with Gasteiger partial charge in [-0.3, -0.25) is 4.79 Å². The third-order valence-electron chi connectivity index (χ3n) is 3.51. The Morgan fingerprint density at radius 3 is 3.00 bits per heavy atom. The van der Waals surface area contributed by atoms with Gasteiger partial charge in [-0.15, -0.1) is 0 Å². The molecular formula is C15H16FN3O. The zero-order valence-electron chi connectivity index (χ0n) is 11.0. The van der Waals surface area contributed by atoms with Gasteiger partial charge in [0.1, 0.15) is 11.9 Å². The number of fused-ring (bicyclic) bond motifs is 1. The summed E-state index contributed by atoms with van der Waals surface area (Å²) in [6.45, 7) is 0.794. The third kappa shape index (κ3) is 2.77. The molecule has 0 saturated carbocycles.